The molecule has 1 N–H and O–H groups in total. The molecule has 0 radical (unpaired) electrons. The average Bonchev–Trinajstić information content (AvgIpc) is 2.78. The lowest BCUT2D eigenvalue weighted by molar-refractivity contribution is -0.143. The van der Waals surface area contributed by atoms with Gasteiger partial charge in [-0.25, -0.2) is 13.2 Å². The van der Waals surface area contributed by atoms with Gasteiger partial charge in [0.2, 0.25) is 11.8 Å². The van der Waals surface area contributed by atoms with Gasteiger partial charge < -0.3 is 15.0 Å². The van der Waals surface area contributed by atoms with E-state index in [9.17, 15) is 22.8 Å². The third kappa shape index (κ3) is 5.33. The predicted molar refractivity (Wildman–Crippen MR) is 112 cm³/mol. The number of halogens is 3. The Hall–Kier alpha value is -2.98. The van der Waals surface area contributed by atoms with Crippen LogP contribution in [0.4, 0.5) is 13.2 Å². The summed E-state index contributed by atoms with van der Waals surface area (Å²) in [4.78, 5) is 33.5. The first-order chi connectivity index (χ1) is 15.8. The number of carbonyl (C=O) groups excluding carboxylic acids is 2. The highest BCUT2D eigenvalue weighted by molar-refractivity contribution is 5.89. The van der Waals surface area contributed by atoms with Gasteiger partial charge in [0.25, 0.3) is 0 Å². The number of carbonyl (C=O) groups is 2. The molecule has 4 rings (SSSR count). The van der Waals surface area contributed by atoms with E-state index in [1.807, 2.05) is 4.90 Å². The lowest BCUT2D eigenvalue weighted by atomic mass is 9.97. The van der Waals surface area contributed by atoms with Gasteiger partial charge in [0.1, 0.15) is 23.5 Å². The number of amides is 2. The highest BCUT2D eigenvalue weighted by Crippen LogP contribution is 2.24. The molecule has 176 valence electrons. The van der Waals surface area contributed by atoms with Gasteiger partial charge in [-0.1, -0.05) is 6.07 Å². The van der Waals surface area contributed by atoms with Crippen LogP contribution in [0.15, 0.2) is 30.5 Å². The second-order valence-corrected chi connectivity index (χ2v) is 8.29. The number of nitrogens with zero attached hydrogens (tertiary/aromatic N) is 3. The summed E-state index contributed by atoms with van der Waals surface area (Å²) in [5, 5.41) is 2.71. The van der Waals surface area contributed by atoms with E-state index in [0.29, 0.717) is 37.9 Å². The van der Waals surface area contributed by atoms with Crippen molar-refractivity contribution >= 4 is 11.8 Å². The number of benzene rings is 1. The van der Waals surface area contributed by atoms with Crippen LogP contribution in [-0.4, -0.2) is 65.5 Å². The number of nitrogens with one attached hydrogen (secondary N) is 1. The van der Waals surface area contributed by atoms with Crippen LogP contribution in [0.2, 0.25) is 0 Å². The van der Waals surface area contributed by atoms with Crippen molar-refractivity contribution < 1.29 is 27.5 Å². The molecule has 1 aromatic carbocycles. The minimum atomic E-state index is -0.891. The molecule has 0 bridgehead atoms. The lowest BCUT2D eigenvalue weighted by Crippen LogP contribution is -2.57. The van der Waals surface area contributed by atoms with Crippen LogP contribution in [0, 0.1) is 17.5 Å². The number of pyridine rings is 1. The van der Waals surface area contributed by atoms with Gasteiger partial charge in [-0.15, -0.1) is 0 Å². The van der Waals surface area contributed by atoms with Crippen LogP contribution >= 0.6 is 0 Å². The Bertz CT molecular complexity index is 1050. The summed E-state index contributed by atoms with van der Waals surface area (Å²) in [5.74, 6) is -2.84. The second kappa shape index (κ2) is 9.88. The Morgan fingerprint density at radius 2 is 1.91 bits per heavy atom. The molecule has 2 aliphatic rings. The molecule has 2 atom stereocenters. The van der Waals surface area contributed by atoms with Crippen LogP contribution in [0.3, 0.4) is 0 Å². The van der Waals surface area contributed by atoms with E-state index < -0.39 is 35.4 Å². The number of morpholine rings is 1. The van der Waals surface area contributed by atoms with E-state index in [0.717, 1.165) is 11.8 Å². The first kappa shape index (κ1) is 23.2. The van der Waals surface area contributed by atoms with E-state index in [-0.39, 0.29) is 31.1 Å². The largest absolute Gasteiger partial charge is 0.379 e. The summed E-state index contributed by atoms with van der Waals surface area (Å²) < 4.78 is 46.6. The molecule has 1 saturated heterocycles. The molecule has 0 aliphatic carbocycles. The molecular formula is C23H25F3N4O3. The van der Waals surface area contributed by atoms with Crippen molar-refractivity contribution in [1.29, 1.82) is 0 Å². The van der Waals surface area contributed by atoms with Crippen LogP contribution in [0.1, 0.15) is 29.8 Å². The quantitative estimate of drug-likeness (QED) is 0.711. The number of hydrogen-bond acceptors (Lipinski definition) is 5. The van der Waals surface area contributed by atoms with Crippen LogP contribution in [-0.2, 0) is 27.3 Å². The lowest BCUT2D eigenvalue weighted by Gasteiger charge is -2.38. The monoisotopic (exact) mass is 462 g/mol. The van der Waals surface area contributed by atoms with Crippen LogP contribution in [0.5, 0.6) is 0 Å². The van der Waals surface area contributed by atoms with Crippen LogP contribution in [0.25, 0.3) is 0 Å². The Morgan fingerprint density at radius 1 is 1.15 bits per heavy atom. The highest BCUT2D eigenvalue weighted by Gasteiger charge is 2.36. The van der Waals surface area contributed by atoms with Crippen molar-refractivity contribution in [3.05, 3.63) is 64.7 Å². The number of aromatic nitrogens is 1. The molecule has 33 heavy (non-hydrogen) atoms. The maximum absolute atomic E-state index is 14.2. The average molecular weight is 462 g/mol. The summed E-state index contributed by atoms with van der Waals surface area (Å²) in [5.41, 5.74) is 1.27. The van der Waals surface area contributed by atoms with Gasteiger partial charge in [0.05, 0.1) is 37.6 Å². The molecule has 1 fully saturated rings. The number of hydrogen-bond donors (Lipinski definition) is 1. The summed E-state index contributed by atoms with van der Waals surface area (Å²) >= 11 is 0. The smallest absolute Gasteiger partial charge is 0.244 e. The van der Waals surface area contributed by atoms with E-state index in [4.69, 9.17) is 4.74 Å². The topological polar surface area (TPSA) is 74.8 Å². The standard InChI is InChI=1S/C23H25F3N4O3/c1-14(22-19(26)10-18(25)11-27-22)28-23(32)20(13-29-4-6-33-7-5-29)30-12-16-8-17(24)3-2-15(16)9-21(30)31/h2-3,8,10-11,14,20H,4-7,9,12-13H2,1H3,(H,28,32)/t14-,20-/m0/s1. The zero-order valence-corrected chi connectivity index (χ0v) is 18.2. The van der Waals surface area contributed by atoms with Crippen molar-refractivity contribution in [1.82, 2.24) is 20.1 Å². The second-order valence-electron chi connectivity index (χ2n) is 8.29. The fourth-order valence-corrected chi connectivity index (χ4v) is 4.21. The summed E-state index contributed by atoms with van der Waals surface area (Å²) in [7, 11) is 0. The predicted octanol–water partition coefficient (Wildman–Crippen LogP) is 1.96. The third-order valence-corrected chi connectivity index (χ3v) is 5.99. The Balaban J connectivity index is 1.57. The molecule has 0 saturated carbocycles. The number of fused-ring (bicyclic) bond motifs is 1. The van der Waals surface area contributed by atoms with E-state index in [1.54, 1.807) is 6.07 Å². The van der Waals surface area contributed by atoms with E-state index in [1.165, 1.54) is 24.0 Å². The summed E-state index contributed by atoms with van der Waals surface area (Å²) in [6.45, 7) is 4.09. The highest BCUT2D eigenvalue weighted by atomic mass is 19.1. The molecule has 2 aromatic rings. The molecule has 10 heteroatoms. The fourth-order valence-electron chi connectivity index (χ4n) is 4.21. The van der Waals surface area contributed by atoms with Crippen molar-refractivity contribution in [3.8, 4) is 0 Å². The SMILES string of the molecule is C[C@H](NC(=O)[C@H](CN1CCOCC1)N1Cc2cc(F)ccc2CC1=O)c1ncc(F)cc1F. The maximum Gasteiger partial charge on any atom is 0.244 e. The van der Waals surface area contributed by atoms with Gasteiger partial charge >= 0.3 is 0 Å². The van der Waals surface area contributed by atoms with Gasteiger partial charge in [-0.3, -0.25) is 19.5 Å². The van der Waals surface area contributed by atoms with Crippen LogP contribution < -0.4 is 5.32 Å². The Morgan fingerprint density at radius 3 is 2.64 bits per heavy atom. The maximum atomic E-state index is 14.2. The first-order valence-corrected chi connectivity index (χ1v) is 10.8. The van der Waals surface area contributed by atoms with Gasteiger partial charge in [0.15, 0.2) is 0 Å². The molecule has 0 spiro atoms. The number of rotatable bonds is 6. The van der Waals surface area contributed by atoms with Gasteiger partial charge in [-0.05, 0) is 30.2 Å². The molecule has 1 aromatic heterocycles. The molecule has 2 aliphatic heterocycles. The molecular weight excluding hydrogens is 437 g/mol. The van der Waals surface area contributed by atoms with Gasteiger partial charge in [0, 0.05) is 32.2 Å². The molecule has 2 amide bonds. The van der Waals surface area contributed by atoms with Crippen molar-refractivity contribution in [2.75, 3.05) is 32.8 Å². The minimum Gasteiger partial charge on any atom is -0.379 e. The molecule has 7 nitrogen and oxygen atoms in total. The molecule has 3 heterocycles. The minimum absolute atomic E-state index is 0.0617. The number of ether oxygens (including phenoxy) is 1. The first-order valence-electron chi connectivity index (χ1n) is 10.8. The van der Waals surface area contributed by atoms with Crippen molar-refractivity contribution in [2.24, 2.45) is 0 Å². The van der Waals surface area contributed by atoms with Crippen molar-refractivity contribution in [3.63, 3.8) is 0 Å². The zero-order chi connectivity index (χ0) is 23.5. The Labute approximate surface area is 189 Å². The zero-order valence-electron chi connectivity index (χ0n) is 18.2. The van der Waals surface area contributed by atoms with Gasteiger partial charge in [-0.2, -0.15) is 0 Å². The molecule has 0 unspecified atom stereocenters. The Kier molecular flexibility index (Phi) is 6.94. The van der Waals surface area contributed by atoms with E-state index in [2.05, 4.69) is 10.3 Å². The fraction of sp³-hybridized carbons (Fsp3) is 0.435. The summed E-state index contributed by atoms with van der Waals surface area (Å²) in [6.07, 6.45) is 0.943. The van der Waals surface area contributed by atoms with E-state index >= 15 is 0 Å². The van der Waals surface area contributed by atoms with Crippen molar-refractivity contribution in [2.45, 2.75) is 32.0 Å². The summed E-state index contributed by atoms with van der Waals surface area (Å²) in [6, 6.07) is 3.23. The third-order valence-electron chi connectivity index (χ3n) is 5.99. The normalized spacial score (nSPS) is 18.5.